The van der Waals surface area contributed by atoms with Gasteiger partial charge in [-0.15, -0.1) is 8.80 Å². The molecule has 0 fully saturated rings. The fraction of sp³-hybridized carbons (Fsp3) is 0.250. The number of allylic oxidation sites excluding steroid dienone is 2. The summed E-state index contributed by atoms with van der Waals surface area (Å²) in [5, 5.41) is 20.8. The van der Waals surface area contributed by atoms with Crippen molar-refractivity contribution in [1.29, 1.82) is 0 Å². The molecule has 2 heterocycles. The molecule has 2 rings (SSSR count). The molecule has 0 aromatic rings. The molecule has 2 aliphatic heterocycles. The molecule has 21 heavy (non-hydrogen) atoms. The third kappa shape index (κ3) is 7.13. The maximum Gasteiger partial charge on any atom is 2.00 e. The Morgan fingerprint density at radius 1 is 0.857 bits per heavy atom. The van der Waals surface area contributed by atoms with Crippen molar-refractivity contribution in [2.24, 2.45) is 8.80 Å². The van der Waals surface area contributed by atoms with E-state index in [1.54, 1.807) is 0 Å². The van der Waals surface area contributed by atoms with Crippen molar-refractivity contribution in [2.45, 2.75) is 13.8 Å². The fourth-order valence-electron chi connectivity index (χ4n) is 1.04. The molecule has 0 aliphatic carbocycles. The average molecular weight is 388 g/mol. The zero-order valence-electron chi connectivity index (χ0n) is 10.4. The third-order valence-corrected chi connectivity index (χ3v) is 3.28. The van der Waals surface area contributed by atoms with Crippen molar-refractivity contribution in [2.75, 3.05) is 0 Å². The van der Waals surface area contributed by atoms with Gasteiger partial charge in [-0.3, -0.25) is 0 Å². The van der Waals surface area contributed by atoms with Crippen LogP contribution in [0, 0.1) is 0 Å². The summed E-state index contributed by atoms with van der Waals surface area (Å²) >= 11 is 0. The van der Waals surface area contributed by atoms with Gasteiger partial charge in [0.15, 0.2) is 0 Å². The van der Waals surface area contributed by atoms with E-state index in [9.17, 15) is 27.0 Å². The van der Waals surface area contributed by atoms with E-state index in [-0.39, 0.29) is 28.6 Å². The molecule has 0 aromatic heterocycles. The van der Waals surface area contributed by atoms with Gasteiger partial charge in [-0.05, 0) is 26.0 Å². The summed E-state index contributed by atoms with van der Waals surface area (Å²) in [5.41, 5.74) is 0. The van der Waals surface area contributed by atoms with Gasteiger partial charge in [0.25, 0.3) is 0 Å². The zero-order chi connectivity index (χ0) is 15.6. The van der Waals surface area contributed by atoms with Crippen LogP contribution in [0.15, 0.2) is 32.5 Å². The second kappa shape index (κ2) is 6.93. The summed E-state index contributed by atoms with van der Waals surface area (Å²) in [6.45, 7) is 2.73. The van der Waals surface area contributed by atoms with Gasteiger partial charge in [-0.1, -0.05) is 0 Å². The molecular formula is C8H8CuN2O8S2. The number of rotatable bonds is 0. The molecule has 121 valence electrons. The Bertz CT molecular complexity index is 668. The topological polar surface area (TPSA) is 158 Å². The minimum Gasteiger partial charge on any atom is -0.858 e. The first kappa shape index (κ1) is 19.4. The number of hydrogen-bond acceptors (Lipinski definition) is 8. The van der Waals surface area contributed by atoms with Crippen LogP contribution in [0.2, 0.25) is 0 Å². The maximum absolute atomic E-state index is 10.4. The molecule has 0 amide bonds. The van der Waals surface area contributed by atoms with E-state index in [0.717, 1.165) is 12.2 Å². The van der Waals surface area contributed by atoms with Crippen LogP contribution < -0.4 is 10.2 Å². The minimum atomic E-state index is -3.97. The van der Waals surface area contributed by atoms with Crippen molar-refractivity contribution >= 4 is 32.4 Å². The van der Waals surface area contributed by atoms with Crippen LogP contribution in [0.25, 0.3) is 0 Å². The molecule has 0 atom stereocenters. The normalized spacial score (nSPS) is 21.4. The van der Waals surface area contributed by atoms with E-state index < -0.39 is 32.4 Å². The molecule has 0 saturated carbocycles. The summed E-state index contributed by atoms with van der Waals surface area (Å²) in [4.78, 5) is 0. The second-order valence-corrected chi connectivity index (χ2v) is 5.80. The predicted octanol–water partition coefficient (Wildman–Crippen LogP) is -2.15. The monoisotopic (exact) mass is 387 g/mol. The molecule has 1 radical (unpaired) electrons. The van der Waals surface area contributed by atoms with Gasteiger partial charge >= 0.3 is 37.7 Å². The molecule has 0 spiro atoms. The summed E-state index contributed by atoms with van der Waals surface area (Å²) in [6.07, 6.45) is 2.00. The summed E-state index contributed by atoms with van der Waals surface area (Å²) in [7, 11) is -7.95. The fourth-order valence-corrected chi connectivity index (χ4v) is 2.42. The van der Waals surface area contributed by atoms with E-state index >= 15 is 0 Å². The first-order valence-electron chi connectivity index (χ1n) is 4.78. The standard InChI is InChI=1S/2C4H5NO4S.Cu/c2*1-3-2-4(6)5-10(7,8)9-3;/h2*2H,1H3,(H,5,6);/q;;+2/p-2. The minimum absolute atomic E-state index is 0. The van der Waals surface area contributed by atoms with Crippen molar-refractivity contribution in [3.8, 4) is 0 Å². The molecule has 2 aliphatic rings. The molecule has 13 heteroatoms. The summed E-state index contributed by atoms with van der Waals surface area (Å²) in [6, 6.07) is 0. The van der Waals surface area contributed by atoms with E-state index in [1.807, 2.05) is 0 Å². The van der Waals surface area contributed by atoms with Crippen LogP contribution in [0.3, 0.4) is 0 Å². The smallest absolute Gasteiger partial charge is 0.858 e. The molecule has 0 saturated heterocycles. The SMILES string of the molecule is CC1=CC([O-])=NS(=O)(=O)O1.CC1=CC([O-])=NS(=O)(=O)O1.[Cu+2]. The molecule has 0 unspecified atom stereocenters. The Morgan fingerprint density at radius 3 is 1.33 bits per heavy atom. The van der Waals surface area contributed by atoms with Crippen LogP contribution in [0.1, 0.15) is 13.8 Å². The molecule has 0 N–H and O–H groups in total. The predicted molar refractivity (Wildman–Crippen MR) is 62.4 cm³/mol. The first-order valence-corrected chi connectivity index (χ1v) is 7.51. The van der Waals surface area contributed by atoms with Crippen molar-refractivity contribution in [1.82, 2.24) is 0 Å². The Morgan fingerprint density at radius 2 is 1.14 bits per heavy atom. The van der Waals surface area contributed by atoms with Crippen LogP contribution in [0.4, 0.5) is 0 Å². The molecule has 0 bridgehead atoms. The van der Waals surface area contributed by atoms with Gasteiger partial charge < -0.3 is 18.6 Å². The van der Waals surface area contributed by atoms with Crippen LogP contribution in [0.5, 0.6) is 0 Å². The Balaban J connectivity index is 0.000000364. The van der Waals surface area contributed by atoms with Gasteiger partial charge in [-0.2, -0.15) is 16.8 Å². The zero-order valence-corrected chi connectivity index (χ0v) is 13.0. The van der Waals surface area contributed by atoms with Crippen LogP contribution in [-0.4, -0.2) is 28.6 Å². The van der Waals surface area contributed by atoms with Crippen molar-refractivity contribution in [3.63, 3.8) is 0 Å². The first-order chi connectivity index (χ1) is 8.99. The number of nitrogens with zero attached hydrogens (tertiary/aromatic N) is 2. The average Bonchev–Trinajstić information content (AvgIpc) is 2.08. The Hall–Kier alpha value is -1.56. The van der Waals surface area contributed by atoms with E-state index in [2.05, 4.69) is 17.2 Å². The van der Waals surface area contributed by atoms with Crippen molar-refractivity contribution < 1.29 is 52.5 Å². The van der Waals surface area contributed by atoms with E-state index in [4.69, 9.17) is 0 Å². The molecular weight excluding hydrogens is 380 g/mol. The largest absolute Gasteiger partial charge is 2.00 e. The van der Waals surface area contributed by atoms with Gasteiger partial charge in [0.1, 0.15) is 11.5 Å². The number of hydrogen-bond donors (Lipinski definition) is 0. The second-order valence-electron chi connectivity index (χ2n) is 3.39. The van der Waals surface area contributed by atoms with Crippen molar-refractivity contribution in [3.05, 3.63) is 23.7 Å². The quantitative estimate of drug-likeness (QED) is 0.425. The summed E-state index contributed by atoms with van der Waals surface area (Å²) < 4.78 is 55.5. The molecule has 0 aromatic carbocycles. The van der Waals surface area contributed by atoms with Crippen LogP contribution in [-0.2, 0) is 46.0 Å². The van der Waals surface area contributed by atoms with Gasteiger partial charge in [0.05, 0.1) is 0 Å². The van der Waals surface area contributed by atoms with Gasteiger partial charge in [-0.25, -0.2) is 0 Å². The third-order valence-electron chi connectivity index (χ3n) is 1.53. The Kier molecular flexibility index (Phi) is 6.42. The van der Waals surface area contributed by atoms with Crippen LogP contribution >= 0.6 is 0 Å². The Labute approximate surface area is 131 Å². The van der Waals surface area contributed by atoms with E-state index in [1.165, 1.54) is 13.8 Å². The van der Waals surface area contributed by atoms with E-state index in [0.29, 0.717) is 0 Å². The maximum atomic E-state index is 10.4. The van der Waals surface area contributed by atoms with Gasteiger partial charge in [0, 0.05) is 11.8 Å². The summed E-state index contributed by atoms with van der Waals surface area (Å²) in [5.74, 6) is -1.52. The molecule has 10 nitrogen and oxygen atoms in total. The van der Waals surface area contributed by atoms with Gasteiger partial charge in [0.2, 0.25) is 0 Å².